The molecule has 0 fully saturated rings. The predicted molar refractivity (Wildman–Crippen MR) is 59.5 cm³/mol. The van der Waals surface area contributed by atoms with Gasteiger partial charge in [0.25, 0.3) is 0 Å². The van der Waals surface area contributed by atoms with Crippen molar-refractivity contribution in [3.8, 4) is 0 Å². The molecule has 0 aromatic heterocycles. The molecule has 19 heavy (non-hydrogen) atoms. The lowest BCUT2D eigenvalue weighted by molar-refractivity contribution is -0.141. The summed E-state index contributed by atoms with van der Waals surface area (Å²) < 4.78 is 36.6. The van der Waals surface area contributed by atoms with Crippen molar-refractivity contribution >= 4 is 12.0 Å². The molecule has 0 saturated heterocycles. The van der Waals surface area contributed by atoms with Crippen LogP contribution in [0.15, 0.2) is 12.7 Å². The lowest BCUT2D eigenvalue weighted by atomic mass is 10.2. The minimum Gasteiger partial charge on any atom is -0.480 e. The summed E-state index contributed by atoms with van der Waals surface area (Å²) in [5.41, 5.74) is 0. The van der Waals surface area contributed by atoms with Crippen molar-refractivity contribution in [1.82, 2.24) is 10.2 Å². The Labute approximate surface area is 107 Å². The summed E-state index contributed by atoms with van der Waals surface area (Å²) >= 11 is 0. The van der Waals surface area contributed by atoms with Gasteiger partial charge < -0.3 is 20.4 Å². The maximum absolute atomic E-state index is 12.2. The highest BCUT2D eigenvalue weighted by molar-refractivity contribution is 5.82. The molecule has 0 bridgehead atoms. The SMILES string of the molecule is C=CCC(NC(=O)N(CCO)CC(F)(F)F)C(=O)O. The first-order valence-corrected chi connectivity index (χ1v) is 5.28. The van der Waals surface area contributed by atoms with E-state index < -0.39 is 43.9 Å². The average molecular weight is 284 g/mol. The highest BCUT2D eigenvalue weighted by Crippen LogP contribution is 2.16. The summed E-state index contributed by atoms with van der Waals surface area (Å²) in [6.07, 6.45) is -3.54. The number of hydrogen-bond donors (Lipinski definition) is 3. The van der Waals surface area contributed by atoms with Crippen LogP contribution in [0.4, 0.5) is 18.0 Å². The Bertz CT molecular complexity index is 333. The zero-order chi connectivity index (χ0) is 15.1. The Hall–Kier alpha value is -1.77. The number of rotatable bonds is 7. The molecule has 0 spiro atoms. The van der Waals surface area contributed by atoms with Crippen molar-refractivity contribution in [1.29, 1.82) is 0 Å². The molecule has 110 valence electrons. The number of carbonyl (C=O) groups excluding carboxylic acids is 1. The fraction of sp³-hybridized carbons (Fsp3) is 0.600. The molecule has 0 saturated carbocycles. The Kier molecular flexibility index (Phi) is 6.91. The second-order valence-corrected chi connectivity index (χ2v) is 3.63. The van der Waals surface area contributed by atoms with Crippen LogP contribution in [0.3, 0.4) is 0 Å². The summed E-state index contributed by atoms with van der Waals surface area (Å²) in [5.74, 6) is -1.38. The van der Waals surface area contributed by atoms with Gasteiger partial charge in [0.15, 0.2) is 0 Å². The average Bonchev–Trinajstić information content (AvgIpc) is 2.25. The molecule has 0 radical (unpaired) electrons. The van der Waals surface area contributed by atoms with Crippen molar-refractivity contribution in [2.24, 2.45) is 0 Å². The molecule has 0 aliphatic rings. The Morgan fingerprint density at radius 1 is 1.42 bits per heavy atom. The van der Waals surface area contributed by atoms with E-state index in [9.17, 15) is 22.8 Å². The number of alkyl halides is 3. The van der Waals surface area contributed by atoms with E-state index in [2.05, 4.69) is 6.58 Å². The molecule has 2 amide bonds. The maximum atomic E-state index is 12.2. The zero-order valence-corrected chi connectivity index (χ0v) is 9.98. The minimum atomic E-state index is -4.64. The van der Waals surface area contributed by atoms with Crippen LogP contribution < -0.4 is 5.32 Å². The molecule has 1 unspecified atom stereocenters. The third-order valence-corrected chi connectivity index (χ3v) is 2.03. The van der Waals surface area contributed by atoms with Crippen LogP contribution in [-0.2, 0) is 4.79 Å². The van der Waals surface area contributed by atoms with Gasteiger partial charge in [0, 0.05) is 6.54 Å². The Balaban J connectivity index is 4.70. The van der Waals surface area contributed by atoms with Crippen LogP contribution in [0.25, 0.3) is 0 Å². The molecule has 6 nitrogen and oxygen atoms in total. The Morgan fingerprint density at radius 2 is 2.00 bits per heavy atom. The van der Waals surface area contributed by atoms with Crippen molar-refractivity contribution in [2.45, 2.75) is 18.6 Å². The van der Waals surface area contributed by atoms with Gasteiger partial charge in [-0.1, -0.05) is 6.08 Å². The van der Waals surface area contributed by atoms with Crippen LogP contribution in [0.1, 0.15) is 6.42 Å². The van der Waals surface area contributed by atoms with Gasteiger partial charge in [-0.05, 0) is 6.42 Å². The molecular formula is C10H15F3N2O4. The zero-order valence-electron chi connectivity index (χ0n) is 9.98. The van der Waals surface area contributed by atoms with Gasteiger partial charge in [0.1, 0.15) is 12.6 Å². The number of aliphatic hydroxyl groups is 1. The van der Waals surface area contributed by atoms with Crippen molar-refractivity contribution in [3.63, 3.8) is 0 Å². The lowest BCUT2D eigenvalue weighted by Crippen LogP contribution is -2.51. The largest absolute Gasteiger partial charge is 0.480 e. The first-order valence-electron chi connectivity index (χ1n) is 5.28. The number of nitrogens with zero attached hydrogens (tertiary/aromatic N) is 1. The summed E-state index contributed by atoms with van der Waals surface area (Å²) in [7, 11) is 0. The second-order valence-electron chi connectivity index (χ2n) is 3.63. The third-order valence-electron chi connectivity index (χ3n) is 2.03. The van der Waals surface area contributed by atoms with Crippen molar-refractivity contribution in [3.05, 3.63) is 12.7 Å². The van der Waals surface area contributed by atoms with Gasteiger partial charge in [-0.15, -0.1) is 6.58 Å². The topological polar surface area (TPSA) is 89.9 Å². The molecule has 3 N–H and O–H groups in total. The highest BCUT2D eigenvalue weighted by atomic mass is 19.4. The van der Waals surface area contributed by atoms with Gasteiger partial charge in [-0.2, -0.15) is 13.2 Å². The van der Waals surface area contributed by atoms with Crippen LogP contribution in [-0.4, -0.2) is 59.0 Å². The van der Waals surface area contributed by atoms with Crippen LogP contribution in [0, 0.1) is 0 Å². The van der Waals surface area contributed by atoms with Crippen molar-refractivity contribution < 1.29 is 33.0 Å². The number of carboxylic acids is 1. The summed E-state index contributed by atoms with van der Waals surface area (Å²) in [5, 5.41) is 19.3. The smallest absolute Gasteiger partial charge is 0.406 e. The normalized spacial score (nSPS) is 12.6. The molecule has 0 rings (SSSR count). The van der Waals surface area contributed by atoms with E-state index in [0.29, 0.717) is 4.90 Å². The first-order chi connectivity index (χ1) is 8.71. The number of nitrogens with one attached hydrogen (secondary N) is 1. The molecular weight excluding hydrogens is 269 g/mol. The van der Waals surface area contributed by atoms with Gasteiger partial charge in [-0.25, -0.2) is 9.59 Å². The van der Waals surface area contributed by atoms with E-state index in [1.54, 1.807) is 0 Å². The number of carboxylic acid groups (broad SMARTS) is 1. The Morgan fingerprint density at radius 3 is 2.37 bits per heavy atom. The standard InChI is InChI=1S/C10H15F3N2O4/c1-2-3-7(8(17)18)14-9(19)15(4-5-16)6-10(11,12)13/h2,7,16H,1,3-6H2,(H,14,19)(H,17,18). The monoisotopic (exact) mass is 284 g/mol. The van der Waals surface area contributed by atoms with Gasteiger partial charge in [0.2, 0.25) is 0 Å². The highest BCUT2D eigenvalue weighted by Gasteiger charge is 2.33. The van der Waals surface area contributed by atoms with E-state index in [0.717, 1.165) is 0 Å². The molecule has 0 aliphatic carbocycles. The molecule has 1 atom stereocenters. The first kappa shape index (κ1) is 17.2. The maximum Gasteiger partial charge on any atom is 0.406 e. The number of aliphatic hydroxyl groups excluding tert-OH is 1. The number of hydrogen-bond acceptors (Lipinski definition) is 3. The second kappa shape index (κ2) is 7.62. The summed E-state index contributed by atoms with van der Waals surface area (Å²) in [6.45, 7) is 0.499. The molecule has 0 heterocycles. The van der Waals surface area contributed by atoms with E-state index >= 15 is 0 Å². The van der Waals surface area contributed by atoms with Crippen LogP contribution >= 0.6 is 0 Å². The fourth-order valence-electron chi connectivity index (χ4n) is 1.22. The van der Waals surface area contributed by atoms with E-state index in [1.807, 2.05) is 5.32 Å². The molecule has 9 heteroatoms. The lowest BCUT2D eigenvalue weighted by Gasteiger charge is -2.25. The van der Waals surface area contributed by atoms with E-state index in [4.69, 9.17) is 10.2 Å². The van der Waals surface area contributed by atoms with Gasteiger partial charge >= 0.3 is 18.2 Å². The molecule has 0 aromatic carbocycles. The van der Waals surface area contributed by atoms with E-state index in [-0.39, 0.29) is 6.42 Å². The quantitative estimate of drug-likeness (QED) is 0.597. The van der Waals surface area contributed by atoms with Gasteiger partial charge in [0.05, 0.1) is 6.61 Å². The van der Waals surface area contributed by atoms with Crippen LogP contribution in [0.5, 0.6) is 0 Å². The van der Waals surface area contributed by atoms with Crippen molar-refractivity contribution in [2.75, 3.05) is 19.7 Å². The third kappa shape index (κ3) is 7.29. The summed E-state index contributed by atoms with van der Waals surface area (Å²) in [6, 6.07) is -2.57. The van der Waals surface area contributed by atoms with Gasteiger partial charge in [-0.3, -0.25) is 0 Å². The number of urea groups is 1. The predicted octanol–water partition coefficient (Wildman–Crippen LogP) is 0.582. The molecule has 0 aromatic rings. The fourth-order valence-corrected chi connectivity index (χ4v) is 1.22. The number of halogens is 3. The molecule has 0 aliphatic heterocycles. The van der Waals surface area contributed by atoms with E-state index in [1.165, 1.54) is 6.08 Å². The van der Waals surface area contributed by atoms with Crippen LogP contribution in [0.2, 0.25) is 0 Å². The number of aliphatic carboxylic acids is 1. The number of amides is 2. The summed E-state index contributed by atoms with van der Waals surface area (Å²) in [4.78, 5) is 22.5. The number of carbonyl (C=O) groups is 2. The minimum absolute atomic E-state index is 0.125.